The molecular weight excluding hydrogens is 194 g/mol. The monoisotopic (exact) mass is 219 g/mol. The fraction of sp³-hybridized carbons (Fsp3) is 0.600. The molecule has 0 heterocycles. The molecule has 0 aliphatic heterocycles. The van der Waals surface area contributed by atoms with Crippen molar-refractivity contribution < 1.29 is 0 Å². The maximum atomic E-state index is 6.17. The molecule has 90 valence electrons. The highest BCUT2D eigenvalue weighted by Gasteiger charge is 2.19. The second-order valence-electron chi connectivity index (χ2n) is 5.93. The van der Waals surface area contributed by atoms with Gasteiger partial charge in [-0.3, -0.25) is 0 Å². The van der Waals surface area contributed by atoms with E-state index in [0.29, 0.717) is 0 Å². The van der Waals surface area contributed by atoms with Crippen LogP contribution in [0, 0.1) is 19.3 Å². The van der Waals surface area contributed by atoms with Gasteiger partial charge >= 0.3 is 0 Å². The SMILES string of the molecule is Cc1ccc(CCC(N)C(C)(C)C)cc1C. The largest absolute Gasteiger partial charge is 0.327 e. The third-order valence-corrected chi connectivity index (χ3v) is 3.43. The summed E-state index contributed by atoms with van der Waals surface area (Å²) in [5.41, 5.74) is 10.5. The molecule has 1 rings (SSSR count). The van der Waals surface area contributed by atoms with Gasteiger partial charge in [-0.25, -0.2) is 0 Å². The fourth-order valence-electron chi connectivity index (χ4n) is 1.71. The van der Waals surface area contributed by atoms with Crippen molar-refractivity contribution in [3.05, 3.63) is 34.9 Å². The zero-order valence-corrected chi connectivity index (χ0v) is 11.3. The summed E-state index contributed by atoms with van der Waals surface area (Å²) < 4.78 is 0. The van der Waals surface area contributed by atoms with Crippen molar-refractivity contribution in [2.75, 3.05) is 0 Å². The van der Waals surface area contributed by atoms with Crippen LogP contribution in [-0.4, -0.2) is 6.04 Å². The summed E-state index contributed by atoms with van der Waals surface area (Å²) in [5, 5.41) is 0. The highest BCUT2D eigenvalue weighted by molar-refractivity contribution is 5.30. The number of rotatable bonds is 3. The van der Waals surface area contributed by atoms with E-state index >= 15 is 0 Å². The molecule has 0 fully saturated rings. The minimum absolute atomic E-state index is 0.208. The Morgan fingerprint density at radius 3 is 2.25 bits per heavy atom. The van der Waals surface area contributed by atoms with E-state index in [4.69, 9.17) is 5.73 Å². The normalized spacial score (nSPS) is 13.9. The third kappa shape index (κ3) is 3.64. The van der Waals surface area contributed by atoms with E-state index in [0.717, 1.165) is 12.8 Å². The Morgan fingerprint density at radius 1 is 1.12 bits per heavy atom. The standard InChI is InChI=1S/C15H25N/c1-11-6-7-13(10-12(11)2)8-9-14(16)15(3,4)5/h6-7,10,14H,8-9,16H2,1-5H3. The summed E-state index contributed by atoms with van der Waals surface area (Å²) in [6.07, 6.45) is 2.14. The quantitative estimate of drug-likeness (QED) is 0.825. The minimum atomic E-state index is 0.208. The molecule has 0 radical (unpaired) electrons. The number of aryl methyl sites for hydroxylation is 3. The lowest BCUT2D eigenvalue weighted by molar-refractivity contribution is 0.306. The summed E-state index contributed by atoms with van der Waals surface area (Å²) in [7, 11) is 0. The first-order chi connectivity index (χ1) is 7.30. The van der Waals surface area contributed by atoms with E-state index in [2.05, 4.69) is 52.8 Å². The highest BCUT2D eigenvalue weighted by Crippen LogP contribution is 2.21. The minimum Gasteiger partial charge on any atom is -0.327 e. The molecule has 0 saturated carbocycles. The number of nitrogens with two attached hydrogens (primary N) is 1. The van der Waals surface area contributed by atoms with Crippen molar-refractivity contribution in [1.82, 2.24) is 0 Å². The van der Waals surface area contributed by atoms with Gasteiger partial charge in [0.2, 0.25) is 0 Å². The summed E-state index contributed by atoms with van der Waals surface area (Å²) in [4.78, 5) is 0. The number of hydrogen-bond acceptors (Lipinski definition) is 1. The molecular formula is C15H25N. The lowest BCUT2D eigenvalue weighted by Gasteiger charge is -2.27. The van der Waals surface area contributed by atoms with E-state index < -0.39 is 0 Å². The predicted octanol–water partition coefficient (Wildman–Crippen LogP) is 3.61. The van der Waals surface area contributed by atoms with Gasteiger partial charge in [-0.2, -0.15) is 0 Å². The zero-order valence-electron chi connectivity index (χ0n) is 11.3. The fourth-order valence-corrected chi connectivity index (χ4v) is 1.71. The van der Waals surface area contributed by atoms with E-state index in [1.54, 1.807) is 0 Å². The molecule has 1 aromatic carbocycles. The Balaban J connectivity index is 2.58. The Hall–Kier alpha value is -0.820. The van der Waals surface area contributed by atoms with Gasteiger partial charge in [0.15, 0.2) is 0 Å². The third-order valence-electron chi connectivity index (χ3n) is 3.43. The Morgan fingerprint density at radius 2 is 1.75 bits per heavy atom. The molecule has 0 aliphatic carbocycles. The lowest BCUT2D eigenvalue weighted by Crippen LogP contribution is -2.35. The van der Waals surface area contributed by atoms with Crippen molar-refractivity contribution in [1.29, 1.82) is 0 Å². The molecule has 1 heteroatoms. The van der Waals surface area contributed by atoms with Crippen LogP contribution >= 0.6 is 0 Å². The van der Waals surface area contributed by atoms with E-state index in [-0.39, 0.29) is 11.5 Å². The van der Waals surface area contributed by atoms with Crippen molar-refractivity contribution >= 4 is 0 Å². The number of hydrogen-bond donors (Lipinski definition) is 1. The molecule has 0 saturated heterocycles. The van der Waals surface area contributed by atoms with Crippen molar-refractivity contribution in [3.8, 4) is 0 Å². The second-order valence-corrected chi connectivity index (χ2v) is 5.93. The molecule has 1 aromatic rings. The lowest BCUT2D eigenvalue weighted by atomic mass is 9.84. The van der Waals surface area contributed by atoms with Crippen LogP contribution in [-0.2, 0) is 6.42 Å². The van der Waals surface area contributed by atoms with Gasteiger partial charge in [0.1, 0.15) is 0 Å². The van der Waals surface area contributed by atoms with Gasteiger partial charge in [0.05, 0.1) is 0 Å². The topological polar surface area (TPSA) is 26.0 Å². The highest BCUT2D eigenvalue weighted by atomic mass is 14.7. The molecule has 1 nitrogen and oxygen atoms in total. The Kier molecular flexibility index (Phi) is 4.15. The van der Waals surface area contributed by atoms with Gasteiger partial charge in [-0.05, 0) is 48.8 Å². The summed E-state index contributed by atoms with van der Waals surface area (Å²) >= 11 is 0. The van der Waals surface area contributed by atoms with E-state index in [1.165, 1.54) is 16.7 Å². The first-order valence-corrected chi connectivity index (χ1v) is 6.12. The molecule has 0 amide bonds. The van der Waals surface area contributed by atoms with Crippen molar-refractivity contribution in [2.45, 2.75) is 53.5 Å². The maximum absolute atomic E-state index is 6.17. The van der Waals surface area contributed by atoms with Crippen molar-refractivity contribution in [3.63, 3.8) is 0 Å². The summed E-state index contributed by atoms with van der Waals surface area (Å²) in [5.74, 6) is 0. The summed E-state index contributed by atoms with van der Waals surface area (Å²) in [6.45, 7) is 10.9. The first kappa shape index (κ1) is 13.2. The number of benzene rings is 1. The molecule has 2 N–H and O–H groups in total. The maximum Gasteiger partial charge on any atom is 0.00908 e. The molecule has 0 aromatic heterocycles. The van der Waals surface area contributed by atoms with Gasteiger partial charge in [0, 0.05) is 6.04 Å². The molecule has 0 bridgehead atoms. The Bertz CT molecular complexity index is 347. The van der Waals surface area contributed by atoms with E-state index in [1.807, 2.05) is 0 Å². The van der Waals surface area contributed by atoms with Crippen molar-refractivity contribution in [2.24, 2.45) is 11.1 Å². The van der Waals surface area contributed by atoms with Crippen LogP contribution in [0.15, 0.2) is 18.2 Å². The van der Waals surface area contributed by atoms with Gasteiger partial charge in [0.25, 0.3) is 0 Å². The average Bonchev–Trinajstić information content (AvgIpc) is 2.18. The van der Waals surface area contributed by atoms with Crippen LogP contribution in [0.4, 0.5) is 0 Å². The molecule has 0 spiro atoms. The van der Waals surface area contributed by atoms with Crippen LogP contribution in [0.3, 0.4) is 0 Å². The Labute approximate surface area is 100 Å². The van der Waals surface area contributed by atoms with Gasteiger partial charge in [-0.1, -0.05) is 39.0 Å². The average molecular weight is 219 g/mol. The molecule has 0 aliphatic rings. The van der Waals surface area contributed by atoms with Crippen LogP contribution in [0.1, 0.15) is 43.9 Å². The smallest absolute Gasteiger partial charge is 0.00908 e. The van der Waals surface area contributed by atoms with Gasteiger partial charge < -0.3 is 5.73 Å². The molecule has 1 atom stereocenters. The van der Waals surface area contributed by atoms with Crippen LogP contribution in [0.2, 0.25) is 0 Å². The molecule has 16 heavy (non-hydrogen) atoms. The summed E-state index contributed by atoms with van der Waals surface area (Å²) in [6, 6.07) is 6.98. The second kappa shape index (κ2) is 5.01. The predicted molar refractivity (Wildman–Crippen MR) is 71.7 cm³/mol. The zero-order chi connectivity index (χ0) is 12.3. The van der Waals surface area contributed by atoms with E-state index in [9.17, 15) is 0 Å². The first-order valence-electron chi connectivity index (χ1n) is 6.12. The van der Waals surface area contributed by atoms with Crippen LogP contribution in [0.25, 0.3) is 0 Å². The molecule has 1 unspecified atom stereocenters. The van der Waals surface area contributed by atoms with Gasteiger partial charge in [-0.15, -0.1) is 0 Å². The van der Waals surface area contributed by atoms with Crippen LogP contribution in [0.5, 0.6) is 0 Å². The van der Waals surface area contributed by atoms with Crippen LogP contribution < -0.4 is 5.73 Å².